The number of rotatable bonds is 3. The van der Waals surface area contributed by atoms with Crippen LogP contribution in [0.3, 0.4) is 0 Å². The minimum Gasteiger partial charge on any atom is -0.310 e. The lowest BCUT2D eigenvalue weighted by atomic mass is 10.1. The summed E-state index contributed by atoms with van der Waals surface area (Å²) < 4.78 is 0. The summed E-state index contributed by atoms with van der Waals surface area (Å²) in [5.41, 5.74) is 3.56. The summed E-state index contributed by atoms with van der Waals surface area (Å²) >= 11 is 0. The molecule has 1 amide bonds. The van der Waals surface area contributed by atoms with E-state index in [9.17, 15) is 4.79 Å². The van der Waals surface area contributed by atoms with Gasteiger partial charge in [-0.15, -0.1) is 0 Å². The minimum absolute atomic E-state index is 0.0448. The fourth-order valence-electron chi connectivity index (χ4n) is 2.96. The molecule has 0 saturated heterocycles. The van der Waals surface area contributed by atoms with Gasteiger partial charge in [0.15, 0.2) is 0 Å². The third-order valence-corrected chi connectivity index (χ3v) is 4.71. The van der Waals surface area contributed by atoms with E-state index in [1.165, 1.54) is 0 Å². The molecule has 0 spiro atoms. The average Bonchev–Trinajstić information content (AvgIpc) is 3.52. The quantitative estimate of drug-likeness (QED) is 0.728. The van der Waals surface area contributed by atoms with Crippen LogP contribution < -0.4 is 5.32 Å². The van der Waals surface area contributed by atoms with Gasteiger partial charge in [-0.2, -0.15) is 0 Å². The van der Waals surface area contributed by atoms with Crippen molar-refractivity contribution in [3.63, 3.8) is 0 Å². The molecule has 0 radical (unpaired) electrons. The molecule has 0 bridgehead atoms. The molecule has 0 unspecified atom stereocenters. The van der Waals surface area contributed by atoms with Crippen LogP contribution in [-0.2, 0) is 11.2 Å². The molecular formula is C22H20N4O. The Morgan fingerprint density at radius 1 is 1.19 bits per heavy atom. The maximum Gasteiger partial charge on any atom is 0.228 e. The number of pyridine rings is 3. The molecule has 3 heterocycles. The Hall–Kier alpha value is -3.26. The van der Waals surface area contributed by atoms with Gasteiger partial charge in [-0.1, -0.05) is 18.9 Å². The van der Waals surface area contributed by atoms with E-state index in [-0.39, 0.29) is 11.8 Å². The van der Waals surface area contributed by atoms with E-state index in [2.05, 4.69) is 39.0 Å². The number of hydrogen-bond acceptors (Lipinski definition) is 4. The molecule has 0 aliphatic heterocycles. The summed E-state index contributed by atoms with van der Waals surface area (Å²) in [6.45, 7) is 4.05. The van der Waals surface area contributed by atoms with Crippen molar-refractivity contribution in [1.29, 1.82) is 0 Å². The average molecular weight is 356 g/mol. The van der Waals surface area contributed by atoms with Gasteiger partial charge < -0.3 is 5.32 Å². The van der Waals surface area contributed by atoms with Gasteiger partial charge in [-0.25, -0.2) is 9.97 Å². The van der Waals surface area contributed by atoms with Gasteiger partial charge in [0.2, 0.25) is 5.91 Å². The number of aromatic nitrogens is 3. The Morgan fingerprint density at radius 3 is 2.78 bits per heavy atom. The van der Waals surface area contributed by atoms with Gasteiger partial charge in [-0.3, -0.25) is 9.78 Å². The highest BCUT2D eigenvalue weighted by atomic mass is 16.2. The second-order valence-corrected chi connectivity index (χ2v) is 6.77. The molecular weight excluding hydrogens is 336 g/mol. The lowest BCUT2D eigenvalue weighted by Crippen LogP contribution is -2.14. The first-order valence-corrected chi connectivity index (χ1v) is 9.18. The van der Waals surface area contributed by atoms with Gasteiger partial charge in [0.1, 0.15) is 11.5 Å². The van der Waals surface area contributed by atoms with Crippen LogP contribution in [0.25, 0.3) is 10.8 Å². The summed E-state index contributed by atoms with van der Waals surface area (Å²) in [6.07, 6.45) is 8.04. The zero-order chi connectivity index (χ0) is 18.8. The monoisotopic (exact) mass is 356 g/mol. The molecule has 27 heavy (non-hydrogen) atoms. The van der Waals surface area contributed by atoms with E-state index in [1.807, 2.05) is 25.1 Å². The lowest BCUT2D eigenvalue weighted by molar-refractivity contribution is -0.117. The number of anilines is 1. The SMILES string of the molecule is CCc1ncc(C#Cc2ncccc2C)c2cc(NC(=O)C3CC3)ncc12. The fraction of sp³-hybridized carbons (Fsp3) is 0.273. The summed E-state index contributed by atoms with van der Waals surface area (Å²) in [5.74, 6) is 7.08. The maximum absolute atomic E-state index is 12.1. The fourth-order valence-corrected chi connectivity index (χ4v) is 2.96. The minimum atomic E-state index is 0.0448. The first-order chi connectivity index (χ1) is 13.2. The van der Waals surface area contributed by atoms with E-state index in [4.69, 9.17) is 0 Å². The highest BCUT2D eigenvalue weighted by molar-refractivity contribution is 5.96. The smallest absolute Gasteiger partial charge is 0.228 e. The van der Waals surface area contributed by atoms with E-state index in [0.29, 0.717) is 5.82 Å². The molecule has 134 valence electrons. The second-order valence-electron chi connectivity index (χ2n) is 6.77. The number of carbonyl (C=O) groups excluding carboxylic acids is 1. The standard InChI is InChI=1S/C22H20N4O/c1-3-19-18-13-25-21(26-22(27)15-6-7-15)11-17(18)16(12-24-19)8-9-20-14(2)5-4-10-23-20/h4-5,10-13,15H,3,6-7H2,1-2H3,(H,25,26,27). The van der Waals surface area contributed by atoms with Gasteiger partial charge in [0, 0.05) is 41.0 Å². The Bertz CT molecular complexity index is 1090. The Balaban J connectivity index is 1.77. The van der Waals surface area contributed by atoms with Crippen molar-refractivity contribution >= 4 is 22.5 Å². The van der Waals surface area contributed by atoms with Gasteiger partial charge in [0.05, 0.1) is 5.56 Å². The molecule has 1 fully saturated rings. The molecule has 1 saturated carbocycles. The highest BCUT2D eigenvalue weighted by Gasteiger charge is 2.29. The molecule has 0 aromatic carbocycles. The topological polar surface area (TPSA) is 67.8 Å². The molecule has 5 nitrogen and oxygen atoms in total. The molecule has 1 aliphatic carbocycles. The van der Waals surface area contributed by atoms with Crippen molar-refractivity contribution in [2.45, 2.75) is 33.1 Å². The molecule has 4 rings (SSSR count). The molecule has 3 aromatic heterocycles. The van der Waals surface area contributed by atoms with Crippen LogP contribution in [0.5, 0.6) is 0 Å². The van der Waals surface area contributed by atoms with Gasteiger partial charge >= 0.3 is 0 Å². The number of hydrogen-bond donors (Lipinski definition) is 1. The Morgan fingerprint density at radius 2 is 2.04 bits per heavy atom. The van der Waals surface area contributed by atoms with Crippen LogP contribution in [0.1, 0.15) is 42.3 Å². The zero-order valence-corrected chi connectivity index (χ0v) is 15.4. The van der Waals surface area contributed by atoms with Crippen molar-refractivity contribution in [2.75, 3.05) is 5.32 Å². The summed E-state index contributed by atoms with van der Waals surface area (Å²) in [6, 6.07) is 5.78. The van der Waals surface area contributed by atoms with Crippen LogP contribution >= 0.6 is 0 Å². The number of nitrogens with zero attached hydrogens (tertiary/aromatic N) is 3. The van der Waals surface area contributed by atoms with Crippen LogP contribution in [0.4, 0.5) is 5.82 Å². The van der Waals surface area contributed by atoms with Gasteiger partial charge in [-0.05, 0) is 49.8 Å². The number of aryl methyl sites for hydroxylation is 2. The zero-order valence-electron chi connectivity index (χ0n) is 15.4. The Kier molecular flexibility index (Phi) is 4.55. The molecule has 3 aromatic rings. The molecule has 1 N–H and O–H groups in total. The van der Waals surface area contributed by atoms with E-state index in [1.54, 1.807) is 18.6 Å². The Labute approximate surface area is 158 Å². The van der Waals surface area contributed by atoms with Crippen molar-refractivity contribution in [3.05, 3.63) is 59.3 Å². The maximum atomic E-state index is 12.1. The van der Waals surface area contributed by atoms with Crippen LogP contribution in [-0.4, -0.2) is 20.9 Å². The number of amides is 1. The third-order valence-electron chi connectivity index (χ3n) is 4.71. The van der Waals surface area contributed by atoms with Crippen molar-refractivity contribution < 1.29 is 4.79 Å². The predicted molar refractivity (Wildman–Crippen MR) is 105 cm³/mol. The highest BCUT2D eigenvalue weighted by Crippen LogP contribution is 2.30. The van der Waals surface area contributed by atoms with E-state index >= 15 is 0 Å². The first kappa shape index (κ1) is 17.2. The third kappa shape index (κ3) is 3.65. The lowest BCUT2D eigenvalue weighted by Gasteiger charge is -2.09. The summed E-state index contributed by atoms with van der Waals surface area (Å²) in [7, 11) is 0. The van der Waals surface area contributed by atoms with E-state index in [0.717, 1.165) is 52.5 Å². The van der Waals surface area contributed by atoms with Crippen molar-refractivity contribution in [1.82, 2.24) is 15.0 Å². The molecule has 0 atom stereocenters. The van der Waals surface area contributed by atoms with Crippen LogP contribution in [0.15, 0.2) is 36.8 Å². The molecule has 5 heteroatoms. The van der Waals surface area contributed by atoms with Gasteiger partial charge in [0.25, 0.3) is 0 Å². The van der Waals surface area contributed by atoms with E-state index < -0.39 is 0 Å². The van der Waals surface area contributed by atoms with Crippen molar-refractivity contribution in [3.8, 4) is 11.8 Å². The first-order valence-electron chi connectivity index (χ1n) is 9.18. The normalized spacial score (nSPS) is 13.1. The van der Waals surface area contributed by atoms with Crippen LogP contribution in [0, 0.1) is 24.7 Å². The summed E-state index contributed by atoms with van der Waals surface area (Å²) in [4.78, 5) is 25.3. The van der Waals surface area contributed by atoms with Crippen LogP contribution in [0.2, 0.25) is 0 Å². The van der Waals surface area contributed by atoms with Crippen molar-refractivity contribution in [2.24, 2.45) is 5.92 Å². The summed E-state index contributed by atoms with van der Waals surface area (Å²) in [5, 5.41) is 4.83. The second kappa shape index (κ2) is 7.16. The number of nitrogens with one attached hydrogen (secondary N) is 1. The number of fused-ring (bicyclic) bond motifs is 1. The number of carbonyl (C=O) groups is 1. The largest absolute Gasteiger partial charge is 0.310 e. The molecule has 1 aliphatic rings. The predicted octanol–water partition coefficient (Wildman–Crippen LogP) is 3.64.